The van der Waals surface area contributed by atoms with Crippen molar-refractivity contribution in [3.63, 3.8) is 0 Å². The lowest BCUT2D eigenvalue weighted by Crippen LogP contribution is -2.60. The molecule has 0 radical (unpaired) electrons. The van der Waals surface area contributed by atoms with Crippen LogP contribution in [0.1, 0.15) is 118 Å². The van der Waals surface area contributed by atoms with Crippen molar-refractivity contribution in [2.24, 2.45) is 29.4 Å². The number of nitrogens with two attached hydrogens (primary N) is 1. The van der Waals surface area contributed by atoms with Crippen molar-refractivity contribution in [3.8, 4) is 0 Å². The van der Waals surface area contributed by atoms with Crippen molar-refractivity contribution in [2.75, 3.05) is 46.7 Å². The van der Waals surface area contributed by atoms with E-state index >= 15 is 0 Å². The van der Waals surface area contributed by atoms with Gasteiger partial charge in [-0.05, 0) is 73.6 Å². The van der Waals surface area contributed by atoms with Gasteiger partial charge in [-0.3, -0.25) is 28.9 Å². The SMILES string of the molecule is CCC(C)C(C(CC(=O)N1CCCC1C(OC)C(C)C(=O)NC(C)C(O)c1ccccc1)OC)N(C)C(=O)C(NC(=O)C(C(C)C)N(C)C(=O)OCc1ccc(NC(=O)CCCCNC(N)=O)cc1)C(C)C. The van der Waals surface area contributed by atoms with Gasteiger partial charge in [-0.15, -0.1) is 0 Å². The summed E-state index contributed by atoms with van der Waals surface area (Å²) >= 11 is 0. The number of urea groups is 1. The average molecular weight is 1010 g/mol. The Morgan fingerprint density at radius 1 is 0.833 bits per heavy atom. The van der Waals surface area contributed by atoms with Crippen molar-refractivity contribution in [3.05, 3.63) is 65.7 Å². The number of carbonyl (C=O) groups excluding carboxylic acids is 7. The first kappa shape index (κ1) is 60.5. The molecule has 0 aliphatic carbocycles. The average Bonchev–Trinajstić information content (AvgIpc) is 3.84. The molecule has 0 bridgehead atoms. The molecule has 3 rings (SSSR count). The van der Waals surface area contributed by atoms with Gasteiger partial charge in [0.1, 0.15) is 18.7 Å². The molecule has 402 valence electrons. The van der Waals surface area contributed by atoms with Gasteiger partial charge in [0.05, 0.1) is 48.8 Å². The summed E-state index contributed by atoms with van der Waals surface area (Å²) in [5.74, 6) is -3.15. The number of hydrogen-bond donors (Lipinski definition) is 6. The molecule has 1 fully saturated rings. The van der Waals surface area contributed by atoms with Crippen LogP contribution >= 0.6 is 0 Å². The van der Waals surface area contributed by atoms with Gasteiger partial charge in [-0.25, -0.2) is 9.59 Å². The standard InChI is InChI=1S/C53H84N8O11/c1-13-34(6)46(41(70-11)30-43(63)61-29-19-22-40(61)48(71-12)35(7)49(65)56-36(8)47(64)38-20-15-14-16-21-38)59(9)51(67)44(32(2)3)58-50(66)45(33(4)5)60(10)53(69)72-31-37-24-26-39(27-25-37)57-42(62)23-17-18-28-55-52(54)68/h14-16,20-21,24-27,32-36,40-41,44-48,64H,13,17-19,22-23,28-31H2,1-12H3,(H,56,65)(H,57,62)(H,58,66)(H3,54,55,68). The number of rotatable bonds is 28. The van der Waals surface area contributed by atoms with Crippen LogP contribution in [0.25, 0.3) is 0 Å². The predicted molar refractivity (Wildman–Crippen MR) is 275 cm³/mol. The fourth-order valence-electron chi connectivity index (χ4n) is 9.47. The Morgan fingerprint density at radius 3 is 2.06 bits per heavy atom. The van der Waals surface area contributed by atoms with Crippen LogP contribution in [-0.2, 0) is 44.8 Å². The highest BCUT2D eigenvalue weighted by molar-refractivity contribution is 5.92. The predicted octanol–water partition coefficient (Wildman–Crippen LogP) is 5.36. The van der Waals surface area contributed by atoms with Crippen LogP contribution in [-0.4, -0.2) is 145 Å². The molecule has 10 atom stereocenters. The van der Waals surface area contributed by atoms with E-state index in [0.29, 0.717) is 62.0 Å². The molecule has 0 aromatic heterocycles. The van der Waals surface area contributed by atoms with Crippen LogP contribution in [0.4, 0.5) is 15.3 Å². The number of aliphatic hydroxyl groups is 1. The Kier molecular flexibility index (Phi) is 24.9. The van der Waals surface area contributed by atoms with Crippen molar-refractivity contribution >= 4 is 47.3 Å². The summed E-state index contributed by atoms with van der Waals surface area (Å²) in [4.78, 5) is 97.9. The van der Waals surface area contributed by atoms with E-state index in [1.54, 1.807) is 80.9 Å². The molecule has 10 unspecified atom stereocenters. The quantitative estimate of drug-likeness (QED) is 0.0593. The summed E-state index contributed by atoms with van der Waals surface area (Å²) in [6.07, 6.45) is 0.327. The van der Waals surface area contributed by atoms with Crippen molar-refractivity contribution in [2.45, 2.75) is 155 Å². The van der Waals surface area contributed by atoms with Gasteiger partial charge in [0, 0.05) is 53.5 Å². The van der Waals surface area contributed by atoms with Crippen LogP contribution in [0.2, 0.25) is 0 Å². The van der Waals surface area contributed by atoms with Crippen LogP contribution < -0.4 is 27.0 Å². The number of carbonyl (C=O) groups is 7. The summed E-state index contributed by atoms with van der Waals surface area (Å²) in [6, 6.07) is 11.7. The number of primary amides is 1. The lowest BCUT2D eigenvalue weighted by molar-refractivity contribution is -0.148. The zero-order valence-corrected chi connectivity index (χ0v) is 44.6. The third-order valence-corrected chi connectivity index (χ3v) is 13.8. The van der Waals surface area contributed by atoms with Crippen molar-refractivity contribution in [1.29, 1.82) is 0 Å². The molecule has 19 nitrogen and oxygen atoms in total. The molecule has 1 heterocycles. The number of methoxy groups -OCH3 is 2. The van der Waals surface area contributed by atoms with Gasteiger partial charge in [0.15, 0.2) is 0 Å². The maximum absolute atomic E-state index is 14.6. The van der Waals surface area contributed by atoms with Crippen LogP contribution in [0.15, 0.2) is 54.6 Å². The molecule has 0 saturated carbocycles. The highest BCUT2D eigenvalue weighted by Gasteiger charge is 2.44. The number of amides is 8. The molecule has 2 aromatic carbocycles. The molecule has 8 amide bonds. The van der Waals surface area contributed by atoms with E-state index in [2.05, 4.69) is 21.3 Å². The van der Waals surface area contributed by atoms with E-state index in [-0.39, 0.29) is 60.8 Å². The number of nitrogens with zero attached hydrogens (tertiary/aromatic N) is 3. The molecular weight excluding hydrogens is 925 g/mol. The monoisotopic (exact) mass is 1010 g/mol. The second kappa shape index (κ2) is 29.7. The van der Waals surface area contributed by atoms with E-state index in [9.17, 15) is 38.7 Å². The Hall–Kier alpha value is -5.79. The number of nitrogens with one attached hydrogen (secondary N) is 4. The molecule has 7 N–H and O–H groups in total. The Labute approximate surface area is 427 Å². The second-order valence-corrected chi connectivity index (χ2v) is 19.8. The maximum atomic E-state index is 14.6. The topological polar surface area (TPSA) is 251 Å². The third kappa shape index (κ3) is 17.5. The first-order chi connectivity index (χ1) is 34.1. The van der Waals surface area contributed by atoms with Gasteiger partial charge in [0.2, 0.25) is 29.5 Å². The van der Waals surface area contributed by atoms with Gasteiger partial charge < -0.3 is 56.1 Å². The third-order valence-electron chi connectivity index (χ3n) is 13.8. The van der Waals surface area contributed by atoms with Crippen LogP contribution in [0.5, 0.6) is 0 Å². The number of unbranched alkanes of at least 4 members (excludes halogenated alkanes) is 1. The number of likely N-dealkylation sites (N-methyl/N-ethyl adjacent to an activating group) is 2. The van der Waals surface area contributed by atoms with E-state index < -0.39 is 72.5 Å². The first-order valence-corrected chi connectivity index (χ1v) is 25.3. The number of likely N-dealkylation sites (tertiary alicyclic amines) is 1. The van der Waals surface area contributed by atoms with E-state index in [1.165, 1.54) is 26.2 Å². The summed E-state index contributed by atoms with van der Waals surface area (Å²) in [7, 11) is 6.17. The Balaban J connectivity index is 1.68. The van der Waals surface area contributed by atoms with Gasteiger partial charge in [-0.2, -0.15) is 0 Å². The van der Waals surface area contributed by atoms with Gasteiger partial charge in [-0.1, -0.05) is 97.4 Å². The number of benzene rings is 2. The van der Waals surface area contributed by atoms with E-state index in [0.717, 1.165) is 0 Å². The number of ether oxygens (including phenoxy) is 3. The summed E-state index contributed by atoms with van der Waals surface area (Å²) < 4.78 is 17.6. The second-order valence-electron chi connectivity index (χ2n) is 19.8. The fraction of sp³-hybridized carbons (Fsp3) is 0.642. The zero-order valence-electron chi connectivity index (χ0n) is 44.6. The summed E-state index contributed by atoms with van der Waals surface area (Å²) in [5.41, 5.74) is 6.96. The van der Waals surface area contributed by atoms with E-state index in [4.69, 9.17) is 19.9 Å². The van der Waals surface area contributed by atoms with E-state index in [1.807, 2.05) is 45.9 Å². The number of anilines is 1. The first-order valence-electron chi connectivity index (χ1n) is 25.3. The number of aliphatic hydroxyl groups excluding tert-OH is 1. The molecule has 19 heteroatoms. The summed E-state index contributed by atoms with van der Waals surface area (Å²) in [6.45, 7) is 15.5. The maximum Gasteiger partial charge on any atom is 0.410 e. The van der Waals surface area contributed by atoms with Crippen LogP contribution in [0, 0.1) is 23.7 Å². The molecule has 2 aromatic rings. The molecule has 1 aliphatic rings. The van der Waals surface area contributed by atoms with Gasteiger partial charge in [0.25, 0.3) is 0 Å². The highest BCUT2D eigenvalue weighted by Crippen LogP contribution is 2.30. The minimum atomic E-state index is -1.00. The largest absolute Gasteiger partial charge is 0.445 e. The highest BCUT2D eigenvalue weighted by atomic mass is 16.6. The normalized spacial score (nSPS) is 17.3. The summed E-state index contributed by atoms with van der Waals surface area (Å²) in [5, 5.41) is 22.1. The molecule has 1 aliphatic heterocycles. The Bertz CT molecular complexity index is 2060. The van der Waals surface area contributed by atoms with Crippen molar-refractivity contribution in [1.82, 2.24) is 30.7 Å². The lowest BCUT2D eigenvalue weighted by atomic mass is 9.89. The minimum absolute atomic E-state index is 0.0568. The van der Waals surface area contributed by atoms with Crippen molar-refractivity contribution < 1.29 is 52.9 Å². The number of hydrogen-bond acceptors (Lipinski definition) is 11. The van der Waals surface area contributed by atoms with Gasteiger partial charge >= 0.3 is 12.1 Å². The zero-order chi connectivity index (χ0) is 53.8. The fourth-order valence-corrected chi connectivity index (χ4v) is 9.47. The lowest BCUT2D eigenvalue weighted by Gasteiger charge is -2.41. The molecular formula is C53H84N8O11. The smallest absolute Gasteiger partial charge is 0.410 e. The molecule has 72 heavy (non-hydrogen) atoms. The Morgan fingerprint density at radius 2 is 1.49 bits per heavy atom. The molecule has 1 saturated heterocycles. The molecule has 0 spiro atoms. The van der Waals surface area contributed by atoms with Crippen LogP contribution in [0.3, 0.4) is 0 Å². The minimum Gasteiger partial charge on any atom is -0.445 e.